The molecule has 1 aromatic carbocycles. The molecule has 1 unspecified atom stereocenters. The van der Waals surface area contributed by atoms with E-state index in [1.807, 2.05) is 45.9 Å². The Kier molecular flexibility index (Phi) is 2.75. The van der Waals surface area contributed by atoms with E-state index in [4.69, 9.17) is 14.2 Å². The maximum absolute atomic E-state index is 12.9. The summed E-state index contributed by atoms with van der Waals surface area (Å²) in [5.41, 5.74) is 0.652. The third kappa shape index (κ3) is 1.78. The topological polar surface area (TPSA) is 44.8 Å². The van der Waals surface area contributed by atoms with Gasteiger partial charge < -0.3 is 14.2 Å². The lowest BCUT2D eigenvalue weighted by atomic mass is 9.74. The van der Waals surface area contributed by atoms with Crippen LogP contribution in [0.5, 0.6) is 5.75 Å². The molecule has 4 rings (SSSR count). The number of benzene rings is 1. The van der Waals surface area contributed by atoms with E-state index in [9.17, 15) is 4.21 Å². The second-order valence-electron chi connectivity index (χ2n) is 7.06. The highest BCUT2D eigenvalue weighted by atomic mass is 32.2. The fourth-order valence-electron chi connectivity index (χ4n) is 3.57. The number of hydrogen-bond donors (Lipinski definition) is 0. The molecule has 0 aromatic heterocycles. The first-order valence-electron chi connectivity index (χ1n) is 7.57. The maximum atomic E-state index is 12.9. The summed E-state index contributed by atoms with van der Waals surface area (Å²) in [6, 6.07) is 7.99. The number of hydrogen-bond acceptors (Lipinski definition) is 4. The maximum Gasteiger partial charge on any atom is 0.294 e. The van der Waals surface area contributed by atoms with Gasteiger partial charge in [-0.05, 0) is 33.8 Å². The third-order valence-corrected chi connectivity index (χ3v) is 6.59. The van der Waals surface area contributed by atoms with Gasteiger partial charge in [0.2, 0.25) is 0 Å². The molecular formula is C17H20O4S. The third-order valence-electron chi connectivity index (χ3n) is 4.79. The minimum atomic E-state index is -1.23. The number of rotatable bonds is 0. The average molecular weight is 320 g/mol. The van der Waals surface area contributed by atoms with Crippen molar-refractivity contribution in [2.24, 2.45) is 5.92 Å². The SMILES string of the molecule is CC1(C)OC2=C([C@@H]3c4ccccc4OC[C@@H]31)S(=O)C(C)(C)O2. The highest BCUT2D eigenvalue weighted by Crippen LogP contribution is 2.56. The molecule has 3 aliphatic heterocycles. The molecule has 22 heavy (non-hydrogen) atoms. The van der Waals surface area contributed by atoms with Crippen LogP contribution in [-0.4, -0.2) is 21.3 Å². The second kappa shape index (κ2) is 4.28. The Hall–Kier alpha value is -1.49. The summed E-state index contributed by atoms with van der Waals surface area (Å²) in [7, 11) is -1.23. The van der Waals surface area contributed by atoms with E-state index in [1.165, 1.54) is 0 Å². The lowest BCUT2D eigenvalue weighted by molar-refractivity contribution is -0.125. The fraction of sp³-hybridized carbons (Fsp3) is 0.529. The molecule has 0 bridgehead atoms. The van der Waals surface area contributed by atoms with Crippen LogP contribution in [0, 0.1) is 5.92 Å². The number of ether oxygens (including phenoxy) is 3. The van der Waals surface area contributed by atoms with Crippen molar-refractivity contribution in [3.8, 4) is 5.75 Å². The molecular weight excluding hydrogens is 300 g/mol. The van der Waals surface area contributed by atoms with Gasteiger partial charge in [0.15, 0.2) is 4.93 Å². The Labute approximate surface area is 132 Å². The first kappa shape index (κ1) is 14.1. The molecule has 3 heterocycles. The Bertz CT molecular complexity index is 704. The van der Waals surface area contributed by atoms with Gasteiger partial charge in [0, 0.05) is 17.4 Å². The zero-order valence-corrected chi connectivity index (χ0v) is 14.0. The highest BCUT2D eigenvalue weighted by molar-refractivity contribution is 7.90. The van der Waals surface area contributed by atoms with Crippen molar-refractivity contribution in [1.82, 2.24) is 0 Å². The molecule has 0 fully saturated rings. The molecule has 0 radical (unpaired) electrons. The molecule has 0 saturated heterocycles. The predicted molar refractivity (Wildman–Crippen MR) is 83.7 cm³/mol. The fourth-order valence-corrected chi connectivity index (χ4v) is 5.00. The van der Waals surface area contributed by atoms with E-state index in [0.717, 1.165) is 16.2 Å². The van der Waals surface area contributed by atoms with Crippen LogP contribution in [0.15, 0.2) is 35.1 Å². The van der Waals surface area contributed by atoms with E-state index in [1.54, 1.807) is 0 Å². The molecule has 0 aliphatic carbocycles. The van der Waals surface area contributed by atoms with E-state index >= 15 is 0 Å². The van der Waals surface area contributed by atoms with Gasteiger partial charge in [-0.2, -0.15) is 0 Å². The summed E-state index contributed by atoms with van der Waals surface area (Å²) in [5, 5.41) is 0. The predicted octanol–water partition coefficient (Wildman–Crippen LogP) is 3.27. The van der Waals surface area contributed by atoms with Gasteiger partial charge in [-0.1, -0.05) is 18.2 Å². The van der Waals surface area contributed by atoms with E-state index in [0.29, 0.717) is 12.6 Å². The van der Waals surface area contributed by atoms with Crippen molar-refractivity contribution in [3.63, 3.8) is 0 Å². The zero-order valence-electron chi connectivity index (χ0n) is 13.2. The lowest BCUT2D eigenvalue weighted by Gasteiger charge is -2.45. The van der Waals surface area contributed by atoms with Gasteiger partial charge in [-0.25, -0.2) is 0 Å². The molecule has 5 heteroatoms. The van der Waals surface area contributed by atoms with Gasteiger partial charge in [0.25, 0.3) is 5.95 Å². The molecule has 0 saturated carbocycles. The number of allylic oxidation sites excluding steroid dienone is 1. The average Bonchev–Trinajstić information content (AvgIpc) is 2.67. The van der Waals surface area contributed by atoms with E-state index in [-0.39, 0.29) is 11.8 Å². The van der Waals surface area contributed by atoms with Crippen LogP contribution in [0.1, 0.15) is 39.2 Å². The molecule has 1 aromatic rings. The van der Waals surface area contributed by atoms with Crippen LogP contribution in [0.25, 0.3) is 0 Å². The monoisotopic (exact) mass is 320 g/mol. The first-order chi connectivity index (χ1) is 10.3. The Morgan fingerprint density at radius 1 is 1.14 bits per heavy atom. The molecule has 0 spiro atoms. The van der Waals surface area contributed by atoms with Crippen LogP contribution >= 0.6 is 0 Å². The number of fused-ring (bicyclic) bond motifs is 4. The molecule has 3 aliphatic rings. The van der Waals surface area contributed by atoms with Crippen LogP contribution in [0.3, 0.4) is 0 Å². The first-order valence-corrected chi connectivity index (χ1v) is 8.72. The van der Waals surface area contributed by atoms with Crippen LogP contribution in [0.4, 0.5) is 0 Å². The van der Waals surface area contributed by atoms with Crippen molar-refractivity contribution < 1.29 is 18.4 Å². The van der Waals surface area contributed by atoms with Gasteiger partial charge in [-0.15, -0.1) is 0 Å². The largest absolute Gasteiger partial charge is 0.493 e. The molecule has 4 nitrogen and oxygen atoms in total. The van der Waals surface area contributed by atoms with Gasteiger partial charge in [0.05, 0.1) is 6.61 Å². The summed E-state index contributed by atoms with van der Waals surface area (Å²) < 4.78 is 30.8. The minimum absolute atomic E-state index is 0.0197. The highest BCUT2D eigenvalue weighted by Gasteiger charge is 2.57. The van der Waals surface area contributed by atoms with Crippen molar-refractivity contribution in [1.29, 1.82) is 0 Å². The second-order valence-corrected chi connectivity index (χ2v) is 9.02. The Balaban J connectivity index is 1.92. The molecule has 3 atom stereocenters. The molecule has 0 N–H and O–H groups in total. The summed E-state index contributed by atoms with van der Waals surface area (Å²) >= 11 is 0. The lowest BCUT2D eigenvalue weighted by Crippen LogP contribution is -2.47. The Morgan fingerprint density at radius 2 is 1.86 bits per heavy atom. The van der Waals surface area contributed by atoms with Crippen LogP contribution in [-0.2, 0) is 20.3 Å². The van der Waals surface area contributed by atoms with Crippen LogP contribution in [0.2, 0.25) is 0 Å². The normalized spacial score (nSPS) is 33.7. The van der Waals surface area contributed by atoms with Gasteiger partial charge in [0.1, 0.15) is 27.1 Å². The van der Waals surface area contributed by atoms with Gasteiger partial charge >= 0.3 is 0 Å². The van der Waals surface area contributed by atoms with Crippen molar-refractivity contribution >= 4 is 10.8 Å². The quantitative estimate of drug-likeness (QED) is 0.736. The molecule has 0 amide bonds. The van der Waals surface area contributed by atoms with Crippen molar-refractivity contribution in [3.05, 3.63) is 40.7 Å². The smallest absolute Gasteiger partial charge is 0.294 e. The summed E-state index contributed by atoms with van der Waals surface area (Å²) in [5.74, 6) is 1.45. The summed E-state index contributed by atoms with van der Waals surface area (Å²) in [6.45, 7) is 8.34. The minimum Gasteiger partial charge on any atom is -0.493 e. The molecule has 118 valence electrons. The number of para-hydroxylation sites is 1. The summed E-state index contributed by atoms with van der Waals surface area (Å²) in [6.07, 6.45) is 0. The van der Waals surface area contributed by atoms with Crippen molar-refractivity contribution in [2.45, 2.75) is 44.1 Å². The van der Waals surface area contributed by atoms with Crippen LogP contribution < -0.4 is 4.74 Å². The van der Waals surface area contributed by atoms with Gasteiger partial charge in [-0.3, -0.25) is 4.21 Å². The summed E-state index contributed by atoms with van der Waals surface area (Å²) in [4.78, 5) is 0.0353. The Morgan fingerprint density at radius 3 is 2.64 bits per heavy atom. The van der Waals surface area contributed by atoms with Crippen molar-refractivity contribution in [2.75, 3.05) is 6.61 Å². The van der Waals surface area contributed by atoms with E-state index in [2.05, 4.69) is 6.07 Å². The zero-order chi connectivity index (χ0) is 15.7. The van der Waals surface area contributed by atoms with E-state index < -0.39 is 21.3 Å². The standard InChI is InChI=1S/C17H20O4S/c1-16(2)11-9-19-12-8-6-5-7-10(12)13(11)14-15(20-16)21-17(3,4)22(14)18/h5-8,11,13H,9H2,1-4H3/t11-,13+,22?/m0/s1.